The van der Waals surface area contributed by atoms with E-state index in [2.05, 4.69) is 26.1 Å². The summed E-state index contributed by atoms with van der Waals surface area (Å²) in [7, 11) is 0. The number of benzene rings is 2. The number of amides is 2. The van der Waals surface area contributed by atoms with E-state index in [0.717, 1.165) is 31.2 Å². The molecule has 2 aromatic rings. The predicted octanol–water partition coefficient (Wildman–Crippen LogP) is 6.52. The SMILES string of the molecule is C[C@@H](c1ccc(C(=O)NCCC(=O)O)cc1)N1C(=O)C(c2cc(Cl)cc(Cl)c2)=NC12CCC(C(C)(C)C)CC2. The highest BCUT2D eigenvalue weighted by Gasteiger charge is 2.52. The van der Waals surface area contributed by atoms with E-state index in [1.165, 1.54) is 0 Å². The van der Waals surface area contributed by atoms with Crippen molar-refractivity contribution in [3.05, 3.63) is 69.2 Å². The van der Waals surface area contributed by atoms with Gasteiger partial charge in [-0.1, -0.05) is 56.1 Å². The van der Waals surface area contributed by atoms with Crippen molar-refractivity contribution in [2.75, 3.05) is 6.54 Å². The van der Waals surface area contributed by atoms with Crippen LogP contribution in [0, 0.1) is 11.3 Å². The van der Waals surface area contributed by atoms with Crippen LogP contribution in [0.25, 0.3) is 0 Å². The summed E-state index contributed by atoms with van der Waals surface area (Å²) < 4.78 is 0. The van der Waals surface area contributed by atoms with Gasteiger partial charge in [0.05, 0.1) is 12.5 Å². The average Bonchev–Trinajstić information content (AvgIpc) is 3.13. The number of aliphatic imine (C=N–C) groups is 1. The van der Waals surface area contributed by atoms with E-state index in [4.69, 9.17) is 33.3 Å². The molecule has 2 N–H and O–H groups in total. The molecule has 0 saturated heterocycles. The molecule has 2 aliphatic rings. The molecule has 1 atom stereocenters. The van der Waals surface area contributed by atoms with E-state index in [9.17, 15) is 14.4 Å². The van der Waals surface area contributed by atoms with Crippen molar-refractivity contribution >= 4 is 46.7 Å². The van der Waals surface area contributed by atoms with Crippen molar-refractivity contribution in [1.29, 1.82) is 0 Å². The summed E-state index contributed by atoms with van der Waals surface area (Å²) in [4.78, 5) is 44.2. The lowest BCUT2D eigenvalue weighted by Gasteiger charge is -2.46. The molecule has 0 aromatic heterocycles. The molecular weight excluding hydrogens is 537 g/mol. The van der Waals surface area contributed by atoms with Gasteiger partial charge in [-0.2, -0.15) is 0 Å². The number of carbonyl (C=O) groups excluding carboxylic acids is 2. The maximum Gasteiger partial charge on any atom is 0.305 e. The Hall–Kier alpha value is -2.90. The maximum atomic E-state index is 14.0. The van der Waals surface area contributed by atoms with E-state index in [-0.39, 0.29) is 36.2 Å². The number of nitrogens with one attached hydrogen (secondary N) is 1. The topological polar surface area (TPSA) is 99.1 Å². The van der Waals surface area contributed by atoms with Crippen LogP contribution in [0.15, 0.2) is 47.5 Å². The van der Waals surface area contributed by atoms with Gasteiger partial charge in [0, 0.05) is 27.7 Å². The van der Waals surface area contributed by atoms with Crippen molar-refractivity contribution in [2.45, 2.75) is 71.5 Å². The molecule has 2 aromatic carbocycles. The second kappa shape index (κ2) is 11.3. The molecule has 39 heavy (non-hydrogen) atoms. The summed E-state index contributed by atoms with van der Waals surface area (Å²) >= 11 is 12.6. The second-order valence-corrected chi connectivity index (χ2v) is 12.5. The largest absolute Gasteiger partial charge is 0.481 e. The number of carboxylic acid groups (broad SMARTS) is 1. The van der Waals surface area contributed by atoms with Gasteiger partial charge in [-0.3, -0.25) is 19.4 Å². The quantitative estimate of drug-likeness (QED) is 0.395. The molecule has 4 rings (SSSR count). The van der Waals surface area contributed by atoms with Gasteiger partial charge in [0.25, 0.3) is 11.8 Å². The Labute approximate surface area is 239 Å². The van der Waals surface area contributed by atoms with Crippen molar-refractivity contribution in [2.24, 2.45) is 16.3 Å². The Morgan fingerprint density at radius 3 is 2.23 bits per heavy atom. The number of carboxylic acids is 1. The standard InChI is InChI=1S/C30H35Cl2N3O4/c1-18(19-5-7-20(8-6-19)27(38)33-14-11-25(36)37)35-28(39)26(21-15-23(31)17-24(32)16-21)34-30(35)12-9-22(10-13-30)29(2,3)4/h5-8,15-18,22H,9-14H2,1-4H3,(H,33,38)(H,36,37)/t18-,22?,30?/m0/s1. The zero-order valence-corrected chi connectivity index (χ0v) is 24.3. The predicted molar refractivity (Wildman–Crippen MR) is 153 cm³/mol. The minimum Gasteiger partial charge on any atom is -0.481 e. The summed E-state index contributed by atoms with van der Waals surface area (Å²) in [5.41, 5.74) is 1.79. The Kier molecular flexibility index (Phi) is 8.43. The summed E-state index contributed by atoms with van der Waals surface area (Å²) in [5.74, 6) is -0.935. The van der Waals surface area contributed by atoms with Crippen LogP contribution in [0.3, 0.4) is 0 Å². The third-order valence-electron chi connectivity index (χ3n) is 8.00. The Balaban J connectivity index is 1.63. The normalized spacial score (nSPS) is 22.1. The zero-order valence-electron chi connectivity index (χ0n) is 22.8. The van der Waals surface area contributed by atoms with Gasteiger partial charge in [0.2, 0.25) is 0 Å². The molecule has 1 aliphatic heterocycles. The van der Waals surface area contributed by atoms with Gasteiger partial charge in [-0.05, 0) is 79.8 Å². The molecule has 2 amide bonds. The van der Waals surface area contributed by atoms with Crippen LogP contribution >= 0.6 is 23.2 Å². The van der Waals surface area contributed by atoms with Crippen LogP contribution in [0.1, 0.15) is 87.3 Å². The molecule has 0 radical (unpaired) electrons. The summed E-state index contributed by atoms with van der Waals surface area (Å²) in [6, 6.07) is 11.9. The first-order chi connectivity index (χ1) is 18.3. The highest BCUT2D eigenvalue weighted by atomic mass is 35.5. The van der Waals surface area contributed by atoms with E-state index in [1.54, 1.807) is 30.3 Å². The number of aliphatic carboxylic acids is 1. The Bertz CT molecular complexity index is 1270. The van der Waals surface area contributed by atoms with E-state index in [1.807, 2.05) is 24.0 Å². The zero-order chi connectivity index (χ0) is 28.5. The highest BCUT2D eigenvalue weighted by molar-refractivity contribution is 6.47. The molecule has 1 heterocycles. The lowest BCUT2D eigenvalue weighted by Crippen LogP contribution is -2.50. The molecular formula is C30H35Cl2N3O4. The fourth-order valence-corrected chi connectivity index (χ4v) is 6.30. The van der Waals surface area contributed by atoms with Gasteiger partial charge >= 0.3 is 5.97 Å². The molecule has 9 heteroatoms. The fourth-order valence-electron chi connectivity index (χ4n) is 5.77. The molecule has 1 fully saturated rings. The fraction of sp³-hybridized carbons (Fsp3) is 0.467. The van der Waals surface area contributed by atoms with Crippen molar-refractivity contribution < 1.29 is 19.5 Å². The van der Waals surface area contributed by atoms with Gasteiger partial charge < -0.3 is 15.3 Å². The van der Waals surface area contributed by atoms with Crippen molar-refractivity contribution in [3.63, 3.8) is 0 Å². The van der Waals surface area contributed by atoms with E-state index < -0.39 is 11.6 Å². The summed E-state index contributed by atoms with van der Waals surface area (Å²) in [5, 5.41) is 12.3. The van der Waals surface area contributed by atoms with Crippen LogP contribution < -0.4 is 5.32 Å². The molecule has 0 unspecified atom stereocenters. The summed E-state index contributed by atoms with van der Waals surface area (Å²) in [6.07, 6.45) is 3.29. The number of hydrogen-bond acceptors (Lipinski definition) is 4. The van der Waals surface area contributed by atoms with Crippen LogP contribution in [0.5, 0.6) is 0 Å². The van der Waals surface area contributed by atoms with E-state index >= 15 is 0 Å². The van der Waals surface area contributed by atoms with Crippen LogP contribution in [0.2, 0.25) is 10.0 Å². The molecule has 1 spiro atoms. The minimum absolute atomic E-state index is 0.0559. The van der Waals surface area contributed by atoms with E-state index in [0.29, 0.717) is 32.8 Å². The minimum atomic E-state index is -0.971. The first-order valence-electron chi connectivity index (χ1n) is 13.3. The van der Waals surface area contributed by atoms with Crippen molar-refractivity contribution in [1.82, 2.24) is 10.2 Å². The van der Waals surface area contributed by atoms with Crippen LogP contribution in [-0.4, -0.2) is 45.7 Å². The van der Waals surface area contributed by atoms with Crippen LogP contribution in [-0.2, 0) is 9.59 Å². The monoisotopic (exact) mass is 571 g/mol. The van der Waals surface area contributed by atoms with Gasteiger partial charge in [0.1, 0.15) is 11.4 Å². The van der Waals surface area contributed by atoms with Crippen LogP contribution in [0.4, 0.5) is 0 Å². The highest BCUT2D eigenvalue weighted by Crippen LogP contribution is 2.49. The lowest BCUT2D eigenvalue weighted by atomic mass is 9.69. The number of carbonyl (C=O) groups is 3. The first-order valence-corrected chi connectivity index (χ1v) is 14.1. The Morgan fingerprint density at radius 1 is 1.10 bits per heavy atom. The molecule has 208 valence electrons. The molecule has 7 nitrogen and oxygen atoms in total. The molecule has 1 aliphatic carbocycles. The van der Waals surface area contributed by atoms with Crippen molar-refractivity contribution in [3.8, 4) is 0 Å². The second-order valence-electron chi connectivity index (χ2n) is 11.6. The maximum absolute atomic E-state index is 14.0. The molecule has 1 saturated carbocycles. The number of rotatable bonds is 7. The Morgan fingerprint density at radius 2 is 1.69 bits per heavy atom. The molecule has 0 bridgehead atoms. The number of halogens is 2. The summed E-state index contributed by atoms with van der Waals surface area (Å²) in [6.45, 7) is 8.83. The lowest BCUT2D eigenvalue weighted by molar-refractivity contribution is -0.137. The first kappa shape index (κ1) is 29.1. The van der Waals surface area contributed by atoms with Gasteiger partial charge in [-0.15, -0.1) is 0 Å². The smallest absolute Gasteiger partial charge is 0.305 e. The average molecular weight is 573 g/mol. The number of nitrogens with zero attached hydrogens (tertiary/aromatic N) is 2. The van der Waals surface area contributed by atoms with Gasteiger partial charge in [0.15, 0.2) is 0 Å². The number of hydrogen-bond donors (Lipinski definition) is 2. The van der Waals surface area contributed by atoms with Gasteiger partial charge in [-0.25, -0.2) is 0 Å². The third-order valence-corrected chi connectivity index (χ3v) is 8.44. The third kappa shape index (κ3) is 6.30.